The molecule has 0 aliphatic carbocycles. The third-order valence-corrected chi connectivity index (χ3v) is 3.57. The predicted molar refractivity (Wildman–Crippen MR) is 82.7 cm³/mol. The Morgan fingerprint density at radius 2 is 1.76 bits per heavy atom. The van der Waals surface area contributed by atoms with Crippen LogP contribution in [0, 0.1) is 11.3 Å². The normalized spacial score (nSPS) is 9.81. The highest BCUT2D eigenvalue weighted by Crippen LogP contribution is 2.33. The number of hydrogen-bond acceptors (Lipinski definition) is 4. The van der Waals surface area contributed by atoms with Gasteiger partial charge in [0.1, 0.15) is 29.9 Å². The largest absolute Gasteiger partial charge is 0.496 e. The van der Waals surface area contributed by atoms with E-state index in [9.17, 15) is 0 Å². The van der Waals surface area contributed by atoms with Gasteiger partial charge in [-0.05, 0) is 40.2 Å². The van der Waals surface area contributed by atoms with Crippen molar-refractivity contribution in [1.82, 2.24) is 0 Å². The van der Waals surface area contributed by atoms with Gasteiger partial charge in [0.2, 0.25) is 0 Å². The first-order chi connectivity index (χ1) is 10.2. The fourth-order valence-corrected chi connectivity index (χ4v) is 2.36. The third-order valence-electron chi connectivity index (χ3n) is 2.95. The molecular weight excluding hydrogens is 334 g/mol. The molecule has 0 atom stereocenters. The van der Waals surface area contributed by atoms with Gasteiger partial charge in [0.25, 0.3) is 0 Å². The summed E-state index contributed by atoms with van der Waals surface area (Å²) >= 11 is 3.41. The van der Waals surface area contributed by atoms with Gasteiger partial charge in [0.05, 0.1) is 24.3 Å². The number of ether oxygens (including phenoxy) is 3. The number of nitrogens with zero attached hydrogens (tertiary/aromatic N) is 1. The fourth-order valence-electron chi connectivity index (χ4n) is 1.88. The number of nitriles is 1. The molecule has 2 aromatic rings. The molecule has 0 bridgehead atoms. The molecule has 0 N–H and O–H groups in total. The zero-order valence-corrected chi connectivity index (χ0v) is 13.3. The molecule has 108 valence electrons. The fraction of sp³-hybridized carbons (Fsp3) is 0.188. The second-order valence-corrected chi connectivity index (χ2v) is 5.05. The molecule has 4 nitrogen and oxygen atoms in total. The molecule has 0 aliphatic heterocycles. The molecule has 0 aromatic heterocycles. The first-order valence-corrected chi connectivity index (χ1v) is 7.01. The second kappa shape index (κ2) is 7.00. The van der Waals surface area contributed by atoms with Crippen molar-refractivity contribution in [2.24, 2.45) is 0 Å². The van der Waals surface area contributed by atoms with Crippen LogP contribution in [0.5, 0.6) is 17.2 Å². The van der Waals surface area contributed by atoms with Crippen molar-refractivity contribution in [2.75, 3.05) is 14.2 Å². The minimum absolute atomic E-state index is 0.283. The van der Waals surface area contributed by atoms with Crippen molar-refractivity contribution in [3.8, 4) is 23.3 Å². The number of para-hydroxylation sites is 1. The molecule has 0 amide bonds. The summed E-state index contributed by atoms with van der Waals surface area (Å²) in [5.74, 6) is 1.93. The van der Waals surface area contributed by atoms with Gasteiger partial charge in [-0.25, -0.2) is 0 Å². The Morgan fingerprint density at radius 1 is 1.05 bits per heavy atom. The molecule has 2 aromatic carbocycles. The van der Waals surface area contributed by atoms with Gasteiger partial charge >= 0.3 is 0 Å². The Morgan fingerprint density at radius 3 is 2.43 bits per heavy atom. The third kappa shape index (κ3) is 3.47. The van der Waals surface area contributed by atoms with Crippen LogP contribution in [0.4, 0.5) is 0 Å². The van der Waals surface area contributed by atoms with Crippen LogP contribution in [0.2, 0.25) is 0 Å². The van der Waals surface area contributed by atoms with Gasteiger partial charge in [-0.3, -0.25) is 0 Å². The van der Waals surface area contributed by atoms with Gasteiger partial charge in [-0.1, -0.05) is 12.1 Å². The Bertz CT molecular complexity index is 680. The SMILES string of the molecule is COc1cc(COc2ccccc2C#N)c(OC)cc1Br. The van der Waals surface area contributed by atoms with Crippen molar-refractivity contribution in [3.63, 3.8) is 0 Å². The van der Waals surface area contributed by atoms with Crippen LogP contribution in [0.1, 0.15) is 11.1 Å². The van der Waals surface area contributed by atoms with E-state index < -0.39 is 0 Å². The zero-order valence-electron chi connectivity index (χ0n) is 11.7. The highest BCUT2D eigenvalue weighted by atomic mass is 79.9. The Labute approximate surface area is 132 Å². The minimum atomic E-state index is 0.283. The van der Waals surface area contributed by atoms with Crippen molar-refractivity contribution >= 4 is 15.9 Å². The minimum Gasteiger partial charge on any atom is -0.496 e. The van der Waals surface area contributed by atoms with Crippen LogP contribution in [-0.2, 0) is 6.61 Å². The molecule has 0 heterocycles. The van der Waals surface area contributed by atoms with Gasteiger partial charge < -0.3 is 14.2 Å². The Hall–Kier alpha value is -2.19. The zero-order chi connectivity index (χ0) is 15.2. The molecule has 21 heavy (non-hydrogen) atoms. The van der Waals surface area contributed by atoms with Crippen LogP contribution in [-0.4, -0.2) is 14.2 Å². The van der Waals surface area contributed by atoms with E-state index >= 15 is 0 Å². The highest BCUT2D eigenvalue weighted by molar-refractivity contribution is 9.10. The Balaban J connectivity index is 2.25. The molecule has 0 spiro atoms. The van der Waals surface area contributed by atoms with Gasteiger partial charge in [-0.15, -0.1) is 0 Å². The lowest BCUT2D eigenvalue weighted by atomic mass is 10.2. The van der Waals surface area contributed by atoms with E-state index in [0.717, 1.165) is 10.0 Å². The molecule has 0 unspecified atom stereocenters. The molecule has 5 heteroatoms. The molecule has 2 rings (SSSR count). The lowest BCUT2D eigenvalue weighted by molar-refractivity contribution is 0.294. The van der Waals surface area contributed by atoms with E-state index in [2.05, 4.69) is 22.0 Å². The summed E-state index contributed by atoms with van der Waals surface area (Å²) < 4.78 is 17.1. The smallest absolute Gasteiger partial charge is 0.137 e. The number of hydrogen-bond donors (Lipinski definition) is 0. The van der Waals surface area contributed by atoms with Crippen molar-refractivity contribution in [3.05, 3.63) is 52.0 Å². The number of benzene rings is 2. The summed E-state index contributed by atoms with van der Waals surface area (Å²) in [6.45, 7) is 0.283. The summed E-state index contributed by atoms with van der Waals surface area (Å²) in [6, 6.07) is 12.9. The molecule has 0 fully saturated rings. The van der Waals surface area contributed by atoms with E-state index in [-0.39, 0.29) is 6.61 Å². The molecule has 0 saturated carbocycles. The topological polar surface area (TPSA) is 51.5 Å². The molecular formula is C16H14BrNO3. The number of rotatable bonds is 5. The van der Waals surface area contributed by atoms with Gasteiger partial charge in [-0.2, -0.15) is 5.26 Å². The van der Waals surface area contributed by atoms with Crippen LogP contribution in [0.3, 0.4) is 0 Å². The van der Waals surface area contributed by atoms with E-state index in [0.29, 0.717) is 22.8 Å². The predicted octanol–water partition coefficient (Wildman–Crippen LogP) is 3.92. The van der Waals surface area contributed by atoms with Crippen LogP contribution in [0.25, 0.3) is 0 Å². The average molecular weight is 348 g/mol. The summed E-state index contributed by atoms with van der Waals surface area (Å²) in [5.41, 5.74) is 1.34. The first kappa shape index (κ1) is 15.2. The second-order valence-electron chi connectivity index (χ2n) is 4.20. The van der Waals surface area contributed by atoms with Crippen LogP contribution < -0.4 is 14.2 Å². The van der Waals surface area contributed by atoms with E-state index in [1.165, 1.54) is 0 Å². The van der Waals surface area contributed by atoms with Gasteiger partial charge in [0, 0.05) is 5.56 Å². The van der Waals surface area contributed by atoms with E-state index in [1.807, 2.05) is 18.2 Å². The quantitative estimate of drug-likeness (QED) is 0.822. The highest BCUT2D eigenvalue weighted by Gasteiger charge is 2.11. The molecule has 0 aliphatic rings. The standard InChI is InChI=1S/C16H14BrNO3/c1-19-15-8-13(17)16(20-2)7-12(15)10-21-14-6-4-3-5-11(14)9-18/h3-8H,10H2,1-2H3. The summed E-state index contributed by atoms with van der Waals surface area (Å²) in [7, 11) is 3.20. The van der Waals surface area contributed by atoms with E-state index in [4.69, 9.17) is 19.5 Å². The lowest BCUT2D eigenvalue weighted by Gasteiger charge is -2.13. The molecule has 0 radical (unpaired) electrons. The molecule has 0 saturated heterocycles. The number of methoxy groups -OCH3 is 2. The summed E-state index contributed by atoms with van der Waals surface area (Å²) in [5, 5.41) is 9.05. The van der Waals surface area contributed by atoms with Crippen LogP contribution >= 0.6 is 15.9 Å². The van der Waals surface area contributed by atoms with Gasteiger partial charge in [0.15, 0.2) is 0 Å². The van der Waals surface area contributed by atoms with Crippen molar-refractivity contribution in [1.29, 1.82) is 5.26 Å². The van der Waals surface area contributed by atoms with Crippen LogP contribution in [0.15, 0.2) is 40.9 Å². The summed E-state index contributed by atoms with van der Waals surface area (Å²) in [6.07, 6.45) is 0. The maximum Gasteiger partial charge on any atom is 0.137 e. The maximum atomic E-state index is 9.05. The number of halogens is 1. The van der Waals surface area contributed by atoms with Crippen molar-refractivity contribution < 1.29 is 14.2 Å². The first-order valence-electron chi connectivity index (χ1n) is 6.22. The summed E-state index contributed by atoms with van der Waals surface area (Å²) in [4.78, 5) is 0. The average Bonchev–Trinajstić information content (AvgIpc) is 2.53. The van der Waals surface area contributed by atoms with E-state index in [1.54, 1.807) is 32.4 Å². The lowest BCUT2D eigenvalue weighted by Crippen LogP contribution is -2.01. The monoisotopic (exact) mass is 347 g/mol. The maximum absolute atomic E-state index is 9.05. The Kier molecular flexibility index (Phi) is 5.07. The van der Waals surface area contributed by atoms with Crippen molar-refractivity contribution in [2.45, 2.75) is 6.61 Å².